The summed E-state index contributed by atoms with van der Waals surface area (Å²) in [7, 11) is 0. The van der Waals surface area contributed by atoms with Gasteiger partial charge in [0.25, 0.3) is 5.91 Å². The van der Waals surface area contributed by atoms with Crippen LogP contribution in [0.4, 0.5) is 5.13 Å². The Bertz CT molecular complexity index is 1050. The Labute approximate surface area is 198 Å². The van der Waals surface area contributed by atoms with Gasteiger partial charge >= 0.3 is 5.97 Å². The van der Waals surface area contributed by atoms with Gasteiger partial charge in [0.2, 0.25) is 0 Å². The van der Waals surface area contributed by atoms with Crippen molar-refractivity contribution in [1.29, 1.82) is 0 Å². The number of aliphatic carboxylic acids is 1. The number of carboxylic acids is 1. The number of aromatic nitrogens is 1. The molecule has 2 aromatic carbocycles. The number of carbonyl (C=O) groups excluding carboxylic acids is 1. The van der Waals surface area contributed by atoms with Gasteiger partial charge in [0.15, 0.2) is 5.13 Å². The Morgan fingerprint density at radius 3 is 2.55 bits per heavy atom. The molecule has 2 N–H and O–H groups in total. The molecule has 33 heavy (non-hydrogen) atoms. The van der Waals surface area contributed by atoms with Crippen LogP contribution < -0.4 is 10.1 Å². The highest BCUT2D eigenvalue weighted by molar-refractivity contribution is 7.14. The first-order valence-corrected chi connectivity index (χ1v) is 12.2. The number of thiazole rings is 1. The molecule has 1 heterocycles. The van der Waals surface area contributed by atoms with Crippen LogP contribution in [-0.4, -0.2) is 22.0 Å². The van der Waals surface area contributed by atoms with Gasteiger partial charge in [-0.3, -0.25) is 14.9 Å². The third kappa shape index (κ3) is 8.02. The van der Waals surface area contributed by atoms with E-state index in [4.69, 9.17) is 9.84 Å². The number of anilines is 1. The van der Waals surface area contributed by atoms with Crippen LogP contribution in [0.25, 0.3) is 0 Å². The van der Waals surface area contributed by atoms with Crippen LogP contribution in [0.3, 0.4) is 0 Å². The number of hydrogen-bond acceptors (Lipinski definition) is 5. The number of rotatable bonds is 13. The van der Waals surface area contributed by atoms with Gasteiger partial charge in [-0.05, 0) is 42.2 Å². The predicted molar refractivity (Wildman–Crippen MR) is 131 cm³/mol. The number of nitrogens with zero attached hydrogens (tertiary/aromatic N) is 1. The number of carboxylic acid groups (broad SMARTS) is 1. The summed E-state index contributed by atoms with van der Waals surface area (Å²) >= 11 is 1.21. The third-order valence-corrected chi connectivity index (χ3v) is 6.04. The summed E-state index contributed by atoms with van der Waals surface area (Å²) in [5.74, 6) is -0.326. The molecule has 3 rings (SSSR count). The van der Waals surface area contributed by atoms with Gasteiger partial charge in [0, 0.05) is 10.9 Å². The molecule has 0 saturated carbocycles. The SMILES string of the molecule is CCCCCCCc1ccccc1OCc1ccc(C(=O)Nc2nc(CC(=O)O)cs2)cc1. The van der Waals surface area contributed by atoms with Gasteiger partial charge in [-0.1, -0.05) is 62.9 Å². The van der Waals surface area contributed by atoms with Crippen molar-refractivity contribution in [2.24, 2.45) is 0 Å². The summed E-state index contributed by atoms with van der Waals surface area (Å²) in [5, 5.41) is 13.6. The van der Waals surface area contributed by atoms with E-state index in [1.54, 1.807) is 17.5 Å². The second-order valence-corrected chi connectivity index (χ2v) is 8.78. The lowest BCUT2D eigenvalue weighted by atomic mass is 10.0. The number of para-hydroxylation sites is 1. The molecule has 0 fully saturated rings. The van der Waals surface area contributed by atoms with Gasteiger partial charge in [-0.2, -0.15) is 0 Å². The van der Waals surface area contributed by atoms with E-state index in [0.717, 1.165) is 17.7 Å². The fraction of sp³-hybridized carbons (Fsp3) is 0.346. The molecule has 6 nitrogen and oxygen atoms in total. The molecule has 0 radical (unpaired) electrons. The van der Waals surface area contributed by atoms with E-state index in [1.807, 2.05) is 24.3 Å². The lowest BCUT2D eigenvalue weighted by Gasteiger charge is -2.12. The van der Waals surface area contributed by atoms with E-state index >= 15 is 0 Å². The highest BCUT2D eigenvalue weighted by atomic mass is 32.1. The van der Waals surface area contributed by atoms with Crippen molar-refractivity contribution in [3.8, 4) is 5.75 Å². The molecule has 0 aliphatic rings. The fourth-order valence-electron chi connectivity index (χ4n) is 3.45. The zero-order valence-corrected chi connectivity index (χ0v) is 19.7. The molecule has 7 heteroatoms. The molecule has 0 atom stereocenters. The van der Waals surface area contributed by atoms with Crippen molar-refractivity contribution in [3.05, 3.63) is 76.3 Å². The summed E-state index contributed by atoms with van der Waals surface area (Å²) in [6.45, 7) is 2.66. The maximum Gasteiger partial charge on any atom is 0.309 e. The molecule has 0 aliphatic carbocycles. The Morgan fingerprint density at radius 2 is 1.79 bits per heavy atom. The summed E-state index contributed by atoms with van der Waals surface area (Å²) in [5.41, 5.74) is 3.13. The van der Waals surface area contributed by atoms with E-state index in [9.17, 15) is 9.59 Å². The van der Waals surface area contributed by atoms with Crippen molar-refractivity contribution in [2.45, 2.75) is 58.5 Å². The number of unbranched alkanes of at least 4 members (excludes halogenated alkanes) is 4. The number of benzene rings is 2. The quantitative estimate of drug-likeness (QED) is 0.297. The molecule has 1 aromatic heterocycles. The van der Waals surface area contributed by atoms with E-state index < -0.39 is 5.97 Å². The van der Waals surface area contributed by atoms with Crippen molar-refractivity contribution in [1.82, 2.24) is 4.98 Å². The first-order valence-electron chi connectivity index (χ1n) is 11.3. The zero-order valence-electron chi connectivity index (χ0n) is 18.9. The van der Waals surface area contributed by atoms with Crippen LogP contribution in [0, 0.1) is 0 Å². The van der Waals surface area contributed by atoms with Crippen molar-refractivity contribution < 1.29 is 19.4 Å². The van der Waals surface area contributed by atoms with E-state index in [1.165, 1.54) is 49.0 Å². The topological polar surface area (TPSA) is 88.5 Å². The first-order chi connectivity index (χ1) is 16.0. The van der Waals surface area contributed by atoms with Crippen LogP contribution in [0.1, 0.15) is 66.2 Å². The van der Waals surface area contributed by atoms with Gasteiger partial charge < -0.3 is 9.84 Å². The average molecular weight is 467 g/mol. The lowest BCUT2D eigenvalue weighted by molar-refractivity contribution is -0.136. The van der Waals surface area contributed by atoms with Crippen LogP contribution in [0.2, 0.25) is 0 Å². The molecule has 0 spiro atoms. The normalized spacial score (nSPS) is 10.7. The molecular weight excluding hydrogens is 436 g/mol. The number of nitrogens with one attached hydrogen (secondary N) is 1. The number of ether oxygens (including phenoxy) is 1. The second-order valence-electron chi connectivity index (χ2n) is 7.93. The minimum absolute atomic E-state index is 0.164. The Kier molecular flexibility index (Phi) is 9.44. The maximum atomic E-state index is 12.5. The highest BCUT2D eigenvalue weighted by Gasteiger charge is 2.11. The minimum Gasteiger partial charge on any atom is -0.489 e. The molecule has 1 amide bonds. The largest absolute Gasteiger partial charge is 0.489 e. The minimum atomic E-state index is -0.953. The number of aryl methyl sites for hydroxylation is 1. The molecule has 0 saturated heterocycles. The monoisotopic (exact) mass is 466 g/mol. The standard InChI is InChI=1S/C26H30N2O4S/c1-2-3-4-5-6-9-20-10-7-8-11-23(20)32-17-19-12-14-21(15-13-19)25(31)28-26-27-22(18-33-26)16-24(29)30/h7-8,10-15,18H,2-6,9,16-17H2,1H3,(H,29,30)(H,27,28,31). The van der Waals surface area contributed by atoms with Crippen molar-refractivity contribution >= 4 is 28.3 Å². The molecule has 0 bridgehead atoms. The van der Waals surface area contributed by atoms with Crippen LogP contribution in [0.5, 0.6) is 5.75 Å². The van der Waals surface area contributed by atoms with E-state index in [0.29, 0.717) is 23.0 Å². The third-order valence-electron chi connectivity index (χ3n) is 5.24. The molecular formula is C26H30N2O4S. The van der Waals surface area contributed by atoms with Gasteiger partial charge in [-0.15, -0.1) is 11.3 Å². The van der Waals surface area contributed by atoms with Crippen LogP contribution >= 0.6 is 11.3 Å². The zero-order chi connectivity index (χ0) is 23.5. The van der Waals surface area contributed by atoms with Gasteiger partial charge in [0.1, 0.15) is 12.4 Å². The van der Waals surface area contributed by atoms with Crippen LogP contribution in [0.15, 0.2) is 53.9 Å². The van der Waals surface area contributed by atoms with Crippen LogP contribution in [-0.2, 0) is 24.2 Å². The number of hydrogen-bond donors (Lipinski definition) is 2. The fourth-order valence-corrected chi connectivity index (χ4v) is 4.16. The Hall–Kier alpha value is -3.19. The van der Waals surface area contributed by atoms with Crippen molar-refractivity contribution in [3.63, 3.8) is 0 Å². The summed E-state index contributed by atoms with van der Waals surface area (Å²) in [6, 6.07) is 15.4. The predicted octanol–water partition coefficient (Wildman–Crippen LogP) is 6.11. The maximum absolute atomic E-state index is 12.5. The van der Waals surface area contributed by atoms with Crippen molar-refractivity contribution in [2.75, 3.05) is 5.32 Å². The summed E-state index contributed by atoms with van der Waals surface area (Å²) in [6.07, 6.45) is 7.09. The summed E-state index contributed by atoms with van der Waals surface area (Å²) in [4.78, 5) is 27.3. The van der Waals surface area contributed by atoms with Gasteiger partial charge in [-0.25, -0.2) is 4.98 Å². The number of amides is 1. The van der Waals surface area contributed by atoms with E-state index in [2.05, 4.69) is 29.4 Å². The molecule has 0 aliphatic heterocycles. The molecule has 174 valence electrons. The highest BCUT2D eigenvalue weighted by Crippen LogP contribution is 2.22. The Morgan fingerprint density at radius 1 is 1.03 bits per heavy atom. The first kappa shape index (κ1) is 24.5. The molecule has 3 aromatic rings. The average Bonchev–Trinajstić information content (AvgIpc) is 3.24. The van der Waals surface area contributed by atoms with E-state index in [-0.39, 0.29) is 12.3 Å². The number of carbonyl (C=O) groups is 2. The van der Waals surface area contributed by atoms with Gasteiger partial charge in [0.05, 0.1) is 12.1 Å². The molecule has 0 unspecified atom stereocenters. The smallest absolute Gasteiger partial charge is 0.309 e. The Balaban J connectivity index is 1.51. The second kappa shape index (κ2) is 12.7. The summed E-state index contributed by atoms with van der Waals surface area (Å²) < 4.78 is 6.07. The lowest BCUT2D eigenvalue weighted by Crippen LogP contribution is -2.12.